The van der Waals surface area contributed by atoms with Gasteiger partial charge < -0.3 is 25.0 Å². The Morgan fingerprint density at radius 1 is 1.08 bits per heavy atom. The van der Waals surface area contributed by atoms with Crippen molar-refractivity contribution >= 4 is 61.9 Å². The molecule has 15 heteroatoms. The Balaban J connectivity index is 1.44. The normalized spacial score (nSPS) is 11.8. The maximum Gasteiger partial charge on any atom is 0.412 e. The predicted molar refractivity (Wildman–Crippen MR) is 193 cm³/mol. The van der Waals surface area contributed by atoms with E-state index in [-0.39, 0.29) is 38.4 Å². The topological polar surface area (TPSA) is 140 Å². The molecule has 3 N–H and O–H groups in total. The molecule has 0 aliphatic heterocycles. The van der Waals surface area contributed by atoms with Crippen LogP contribution >= 0.6 is 27.3 Å². The van der Waals surface area contributed by atoms with Crippen molar-refractivity contribution in [1.29, 1.82) is 0 Å². The van der Waals surface area contributed by atoms with Gasteiger partial charge in [0.15, 0.2) is 11.5 Å². The number of nitrogens with zero attached hydrogens (tertiary/aromatic N) is 4. The number of anilines is 3. The van der Waals surface area contributed by atoms with Crippen molar-refractivity contribution in [2.45, 2.75) is 65.2 Å². The summed E-state index contributed by atoms with van der Waals surface area (Å²) in [6.45, 7) is 7.94. The highest BCUT2D eigenvalue weighted by Gasteiger charge is 2.26. The van der Waals surface area contributed by atoms with Crippen LogP contribution < -0.4 is 20.9 Å². The van der Waals surface area contributed by atoms with Crippen molar-refractivity contribution in [2.24, 2.45) is 7.05 Å². The van der Waals surface area contributed by atoms with Gasteiger partial charge in [0.05, 0.1) is 10.7 Å². The zero-order valence-corrected chi connectivity index (χ0v) is 30.7. The number of hydrogen-bond acceptors (Lipinski definition) is 9. The molecule has 49 heavy (non-hydrogen) atoms. The lowest BCUT2D eigenvalue weighted by molar-refractivity contribution is 0.0636. The fourth-order valence-electron chi connectivity index (χ4n) is 4.88. The predicted octanol–water partition coefficient (Wildman–Crippen LogP) is 7.97. The van der Waals surface area contributed by atoms with Crippen molar-refractivity contribution in [3.8, 4) is 10.6 Å². The molecule has 1 atom stereocenters. The second kappa shape index (κ2) is 16.7. The van der Waals surface area contributed by atoms with Gasteiger partial charge in [-0.3, -0.25) is 14.8 Å². The van der Waals surface area contributed by atoms with Crippen LogP contribution in [0.3, 0.4) is 0 Å². The quantitative estimate of drug-likeness (QED) is 0.125. The van der Waals surface area contributed by atoms with Gasteiger partial charge in [-0.2, -0.15) is 5.10 Å². The zero-order valence-electron chi connectivity index (χ0n) is 28.3. The number of carbonyl (C=O) groups is 3. The first-order valence-electron chi connectivity index (χ1n) is 15.7. The number of hydrogen-bond donors (Lipinski definition) is 3. The van der Waals surface area contributed by atoms with Crippen LogP contribution in [0.1, 0.15) is 63.0 Å². The van der Waals surface area contributed by atoms with Gasteiger partial charge in [-0.1, -0.05) is 54.7 Å². The summed E-state index contributed by atoms with van der Waals surface area (Å²) in [5, 5.41) is 13.0. The van der Waals surface area contributed by atoms with Crippen LogP contribution in [0.4, 0.5) is 30.5 Å². The number of aromatic nitrogens is 3. The van der Waals surface area contributed by atoms with E-state index in [0.717, 1.165) is 29.7 Å². The third kappa shape index (κ3) is 10.5. The molecule has 3 amide bonds. The van der Waals surface area contributed by atoms with Gasteiger partial charge in [0.25, 0.3) is 5.91 Å². The summed E-state index contributed by atoms with van der Waals surface area (Å²) in [6, 6.07) is 14.2. The number of carbonyl (C=O) groups excluding carboxylic acids is 3. The maximum absolute atomic E-state index is 15.0. The molecule has 262 valence electrons. The Morgan fingerprint density at radius 2 is 1.82 bits per heavy atom. The van der Waals surface area contributed by atoms with Crippen LogP contribution in [0.2, 0.25) is 0 Å². The minimum atomic E-state index is -0.787. The monoisotopic (exact) mass is 757 g/mol. The fourth-order valence-corrected chi connectivity index (χ4v) is 6.22. The van der Waals surface area contributed by atoms with Gasteiger partial charge in [-0.25, -0.2) is 19.0 Å². The smallest absolute Gasteiger partial charge is 0.412 e. The molecule has 2 heterocycles. The molecule has 0 saturated heterocycles. The lowest BCUT2D eigenvalue weighted by atomic mass is 10.1. The Kier molecular flexibility index (Phi) is 12.8. The standard InChI is InChI=1S/C34H41BrFN7O5S/c1-7-22(38-32(45)47-20-21-13-9-8-10-14-21)15-12-18-42(5)31-25(19-37-43(31)6)39-28(44)27-30(41-33(46)48-34(2,3)4)49-29(40-27)23-16-11-17-24(35)26(23)36/h8-11,13-14,16-17,19,22H,7,12,15,18,20H2,1-6H3,(H,38,45)(H,39,44)(H,41,46)/t22-/m0/s1. The van der Waals surface area contributed by atoms with Crippen molar-refractivity contribution in [1.82, 2.24) is 20.1 Å². The number of aryl methyl sites for hydroxylation is 1. The summed E-state index contributed by atoms with van der Waals surface area (Å²) < 4.78 is 27.6. The lowest BCUT2D eigenvalue weighted by Crippen LogP contribution is -2.35. The molecule has 2 aromatic carbocycles. The van der Waals surface area contributed by atoms with E-state index in [1.807, 2.05) is 49.2 Å². The lowest BCUT2D eigenvalue weighted by Gasteiger charge is -2.23. The number of benzene rings is 2. The number of amides is 3. The van der Waals surface area contributed by atoms with E-state index in [1.165, 1.54) is 6.20 Å². The molecule has 4 rings (SSSR count). The van der Waals surface area contributed by atoms with E-state index in [4.69, 9.17) is 9.47 Å². The molecule has 0 unspecified atom stereocenters. The highest BCUT2D eigenvalue weighted by atomic mass is 79.9. The van der Waals surface area contributed by atoms with Gasteiger partial charge in [0.2, 0.25) is 0 Å². The molecule has 0 aliphatic rings. The van der Waals surface area contributed by atoms with Crippen molar-refractivity contribution in [3.05, 3.63) is 76.3 Å². The minimum Gasteiger partial charge on any atom is -0.445 e. The first-order valence-corrected chi connectivity index (χ1v) is 17.3. The largest absolute Gasteiger partial charge is 0.445 e. The molecular formula is C34H41BrFN7O5S. The fraction of sp³-hybridized carbons (Fsp3) is 0.382. The minimum absolute atomic E-state index is 0.0767. The van der Waals surface area contributed by atoms with Crippen molar-refractivity contribution in [2.75, 3.05) is 29.1 Å². The van der Waals surface area contributed by atoms with E-state index in [9.17, 15) is 14.4 Å². The van der Waals surface area contributed by atoms with Gasteiger partial charge in [-0.15, -0.1) is 0 Å². The number of thiazole rings is 1. The molecule has 12 nitrogen and oxygen atoms in total. The molecule has 0 aliphatic carbocycles. The molecular weight excluding hydrogens is 717 g/mol. The molecule has 0 bridgehead atoms. The van der Waals surface area contributed by atoms with Gasteiger partial charge in [0.1, 0.15) is 33.7 Å². The molecule has 2 aromatic heterocycles. The van der Waals surface area contributed by atoms with E-state index < -0.39 is 29.5 Å². The Bertz CT molecular complexity index is 1760. The van der Waals surface area contributed by atoms with Crippen LogP contribution in [0.25, 0.3) is 10.6 Å². The highest BCUT2D eigenvalue weighted by Crippen LogP contribution is 2.36. The summed E-state index contributed by atoms with van der Waals surface area (Å²) in [4.78, 5) is 45.1. The van der Waals surface area contributed by atoms with Gasteiger partial charge in [0, 0.05) is 32.2 Å². The van der Waals surface area contributed by atoms with Crippen molar-refractivity contribution < 1.29 is 28.2 Å². The third-order valence-corrected chi connectivity index (χ3v) is 8.85. The highest BCUT2D eigenvalue weighted by molar-refractivity contribution is 9.10. The first kappa shape index (κ1) is 37.3. The summed E-state index contributed by atoms with van der Waals surface area (Å²) >= 11 is 4.14. The summed E-state index contributed by atoms with van der Waals surface area (Å²) in [5.41, 5.74) is 0.590. The number of ether oxygens (including phenoxy) is 2. The second-order valence-electron chi connectivity index (χ2n) is 12.3. The molecule has 4 aromatic rings. The van der Waals surface area contributed by atoms with E-state index in [1.54, 1.807) is 50.7 Å². The van der Waals surface area contributed by atoms with Crippen molar-refractivity contribution in [3.63, 3.8) is 0 Å². The SMILES string of the molecule is CC[C@@H](CCCN(C)c1c(NC(=O)c2nc(-c3cccc(Br)c3F)sc2NC(=O)OC(C)(C)C)cnn1C)NC(=O)OCc1ccccc1. The number of alkyl carbamates (subject to hydrolysis) is 1. The van der Waals surface area contributed by atoms with Crippen LogP contribution in [0, 0.1) is 5.82 Å². The Labute approximate surface area is 297 Å². The Hall–Kier alpha value is -4.50. The number of nitrogens with one attached hydrogen (secondary N) is 3. The average Bonchev–Trinajstić information content (AvgIpc) is 3.63. The summed E-state index contributed by atoms with van der Waals surface area (Å²) in [6.07, 6.45) is 2.44. The van der Waals surface area contributed by atoms with Crippen LogP contribution in [0.15, 0.2) is 59.2 Å². The number of rotatable bonds is 13. The molecule has 0 fully saturated rings. The second-order valence-corrected chi connectivity index (χ2v) is 14.1. The third-order valence-electron chi connectivity index (χ3n) is 7.23. The maximum atomic E-state index is 15.0. The summed E-state index contributed by atoms with van der Waals surface area (Å²) in [7, 11) is 3.63. The first-order chi connectivity index (χ1) is 23.3. The van der Waals surface area contributed by atoms with Crippen LogP contribution in [-0.4, -0.2) is 58.1 Å². The van der Waals surface area contributed by atoms with Crippen LogP contribution in [-0.2, 0) is 23.1 Å². The zero-order chi connectivity index (χ0) is 35.7. The Morgan fingerprint density at radius 3 is 2.51 bits per heavy atom. The number of halogens is 2. The molecule has 0 radical (unpaired) electrons. The van der Waals surface area contributed by atoms with Gasteiger partial charge in [-0.05, 0) is 73.7 Å². The molecule has 0 spiro atoms. The van der Waals surface area contributed by atoms with Crippen LogP contribution in [0.5, 0.6) is 0 Å². The van der Waals surface area contributed by atoms with E-state index in [2.05, 4.69) is 42.0 Å². The summed E-state index contributed by atoms with van der Waals surface area (Å²) in [5.74, 6) is -0.546. The average molecular weight is 759 g/mol. The van der Waals surface area contributed by atoms with E-state index >= 15 is 4.39 Å². The van der Waals surface area contributed by atoms with E-state index in [0.29, 0.717) is 24.5 Å². The van der Waals surface area contributed by atoms with Gasteiger partial charge >= 0.3 is 12.2 Å². The molecule has 0 saturated carbocycles.